The standard InChI is InChI=1S/C20H29N5O4/c1-3-16(13(2)28-20-6-4-5-7-27-20)29-19-10-21-9-18(23-19)22-17-8-15(24-25-17)14-11-26-12-14/h8-10,13-14,16,20H,3-7,11-12H2,1-2H3,(H2,22,23,24,25)/t13-,16?,20?/m0/s1. The van der Waals surface area contributed by atoms with Crippen LogP contribution >= 0.6 is 0 Å². The number of aromatic amines is 1. The number of H-pyrrole nitrogens is 1. The van der Waals surface area contributed by atoms with Crippen LogP contribution in [0.2, 0.25) is 0 Å². The van der Waals surface area contributed by atoms with Crippen LogP contribution in [0.15, 0.2) is 18.5 Å². The fourth-order valence-electron chi connectivity index (χ4n) is 3.43. The van der Waals surface area contributed by atoms with E-state index in [0.717, 1.165) is 51.2 Å². The number of aromatic nitrogens is 4. The van der Waals surface area contributed by atoms with E-state index in [9.17, 15) is 0 Å². The maximum absolute atomic E-state index is 6.08. The molecule has 0 bridgehead atoms. The van der Waals surface area contributed by atoms with E-state index in [1.807, 2.05) is 13.0 Å². The van der Waals surface area contributed by atoms with E-state index in [0.29, 0.717) is 23.4 Å². The van der Waals surface area contributed by atoms with Gasteiger partial charge >= 0.3 is 0 Å². The molecule has 2 aliphatic rings. The first kappa shape index (κ1) is 20.1. The maximum Gasteiger partial charge on any atom is 0.234 e. The van der Waals surface area contributed by atoms with Crippen LogP contribution in [0.1, 0.15) is 51.1 Å². The molecule has 29 heavy (non-hydrogen) atoms. The number of anilines is 2. The van der Waals surface area contributed by atoms with Crippen LogP contribution in [0.3, 0.4) is 0 Å². The summed E-state index contributed by atoms with van der Waals surface area (Å²) < 4.78 is 23.0. The molecule has 2 fully saturated rings. The fraction of sp³-hybridized carbons (Fsp3) is 0.650. The lowest BCUT2D eigenvalue weighted by Crippen LogP contribution is -2.36. The first-order valence-corrected chi connectivity index (χ1v) is 10.4. The third-order valence-corrected chi connectivity index (χ3v) is 5.25. The second-order valence-electron chi connectivity index (χ2n) is 7.51. The Morgan fingerprint density at radius 3 is 2.90 bits per heavy atom. The van der Waals surface area contributed by atoms with Gasteiger partial charge in [0, 0.05) is 24.3 Å². The van der Waals surface area contributed by atoms with Gasteiger partial charge in [0.25, 0.3) is 0 Å². The summed E-state index contributed by atoms with van der Waals surface area (Å²) in [6.07, 6.45) is 6.81. The molecule has 2 saturated heterocycles. The monoisotopic (exact) mass is 403 g/mol. The molecule has 0 aliphatic carbocycles. The molecular weight excluding hydrogens is 374 g/mol. The smallest absolute Gasteiger partial charge is 0.234 e. The van der Waals surface area contributed by atoms with Crippen molar-refractivity contribution in [2.24, 2.45) is 0 Å². The minimum atomic E-state index is -0.148. The molecule has 0 aromatic carbocycles. The lowest BCUT2D eigenvalue weighted by molar-refractivity contribution is -0.200. The number of hydrogen-bond acceptors (Lipinski definition) is 8. The number of nitrogens with one attached hydrogen (secondary N) is 2. The molecule has 3 atom stereocenters. The zero-order chi connectivity index (χ0) is 20.1. The zero-order valence-corrected chi connectivity index (χ0v) is 17.0. The normalized spacial score (nSPS) is 21.9. The summed E-state index contributed by atoms with van der Waals surface area (Å²) in [7, 11) is 0. The third kappa shape index (κ3) is 5.23. The summed E-state index contributed by atoms with van der Waals surface area (Å²) in [6.45, 7) is 6.30. The maximum atomic E-state index is 6.08. The van der Waals surface area contributed by atoms with Crippen molar-refractivity contribution in [2.45, 2.75) is 63.9 Å². The molecule has 0 amide bonds. The zero-order valence-electron chi connectivity index (χ0n) is 17.0. The predicted molar refractivity (Wildman–Crippen MR) is 106 cm³/mol. The minimum Gasteiger partial charge on any atom is -0.470 e. The van der Waals surface area contributed by atoms with Crippen LogP contribution in [0, 0.1) is 0 Å². The van der Waals surface area contributed by atoms with Gasteiger partial charge in [0.1, 0.15) is 6.10 Å². The molecular formula is C20H29N5O4. The van der Waals surface area contributed by atoms with Crippen LogP contribution in [-0.4, -0.2) is 58.5 Å². The molecule has 0 saturated carbocycles. The molecule has 0 radical (unpaired) electrons. The molecule has 0 spiro atoms. The Bertz CT molecular complexity index is 776. The molecule has 2 unspecified atom stereocenters. The fourth-order valence-corrected chi connectivity index (χ4v) is 3.43. The van der Waals surface area contributed by atoms with Gasteiger partial charge in [-0.15, -0.1) is 0 Å². The van der Waals surface area contributed by atoms with Gasteiger partial charge in [-0.25, -0.2) is 0 Å². The van der Waals surface area contributed by atoms with Gasteiger partial charge in [0.05, 0.1) is 31.7 Å². The number of rotatable bonds is 9. The highest BCUT2D eigenvalue weighted by atomic mass is 16.7. The van der Waals surface area contributed by atoms with Gasteiger partial charge < -0.3 is 24.3 Å². The number of nitrogens with zero attached hydrogens (tertiary/aromatic N) is 3. The van der Waals surface area contributed by atoms with Crippen molar-refractivity contribution in [3.05, 3.63) is 24.2 Å². The summed E-state index contributed by atoms with van der Waals surface area (Å²) in [4.78, 5) is 8.75. The van der Waals surface area contributed by atoms with E-state index in [1.165, 1.54) is 0 Å². The summed E-state index contributed by atoms with van der Waals surface area (Å²) in [5.41, 5.74) is 1.06. The predicted octanol–water partition coefficient (Wildman–Crippen LogP) is 3.15. The van der Waals surface area contributed by atoms with E-state index in [1.54, 1.807) is 12.4 Å². The molecule has 9 heteroatoms. The Morgan fingerprint density at radius 2 is 2.17 bits per heavy atom. The summed E-state index contributed by atoms with van der Waals surface area (Å²) >= 11 is 0. The molecule has 2 aromatic heterocycles. The Kier molecular flexibility index (Phi) is 6.58. The second kappa shape index (κ2) is 9.51. The van der Waals surface area contributed by atoms with Crippen molar-refractivity contribution in [1.29, 1.82) is 0 Å². The molecule has 9 nitrogen and oxygen atoms in total. The van der Waals surface area contributed by atoms with Gasteiger partial charge in [-0.05, 0) is 32.6 Å². The van der Waals surface area contributed by atoms with Crippen molar-refractivity contribution in [3.63, 3.8) is 0 Å². The van der Waals surface area contributed by atoms with Crippen LogP contribution in [-0.2, 0) is 14.2 Å². The summed E-state index contributed by atoms with van der Waals surface area (Å²) in [6, 6.07) is 1.97. The number of ether oxygens (including phenoxy) is 4. The largest absolute Gasteiger partial charge is 0.470 e. The van der Waals surface area contributed by atoms with E-state index in [4.69, 9.17) is 18.9 Å². The van der Waals surface area contributed by atoms with E-state index < -0.39 is 0 Å². The van der Waals surface area contributed by atoms with Crippen molar-refractivity contribution in [1.82, 2.24) is 20.2 Å². The highest BCUT2D eigenvalue weighted by Gasteiger charge is 2.25. The lowest BCUT2D eigenvalue weighted by atomic mass is 10.0. The topological polar surface area (TPSA) is 103 Å². The van der Waals surface area contributed by atoms with Crippen molar-refractivity contribution in [3.8, 4) is 5.88 Å². The van der Waals surface area contributed by atoms with Crippen molar-refractivity contribution in [2.75, 3.05) is 25.1 Å². The highest BCUT2D eigenvalue weighted by molar-refractivity contribution is 5.51. The van der Waals surface area contributed by atoms with E-state index in [2.05, 4.69) is 32.4 Å². The van der Waals surface area contributed by atoms with Crippen LogP contribution in [0.5, 0.6) is 5.88 Å². The molecule has 2 aliphatic heterocycles. The Balaban J connectivity index is 1.34. The first-order chi connectivity index (χ1) is 14.2. The van der Waals surface area contributed by atoms with E-state index >= 15 is 0 Å². The van der Waals surface area contributed by atoms with Gasteiger partial charge in [-0.1, -0.05) is 6.92 Å². The SMILES string of the molecule is CCC(Oc1cncc(Nc2cc(C3COC3)[nH]n2)n1)[C@H](C)OC1CCCCO1. The Labute approximate surface area is 170 Å². The van der Waals surface area contributed by atoms with Gasteiger partial charge in [0.2, 0.25) is 5.88 Å². The first-order valence-electron chi connectivity index (χ1n) is 10.4. The highest BCUT2D eigenvalue weighted by Crippen LogP contribution is 2.25. The number of hydrogen-bond donors (Lipinski definition) is 2. The summed E-state index contributed by atoms with van der Waals surface area (Å²) in [5, 5.41) is 10.5. The second-order valence-corrected chi connectivity index (χ2v) is 7.51. The molecule has 2 N–H and O–H groups in total. The van der Waals surface area contributed by atoms with Gasteiger partial charge in [-0.3, -0.25) is 10.1 Å². The van der Waals surface area contributed by atoms with Gasteiger partial charge in [-0.2, -0.15) is 10.1 Å². The average molecular weight is 403 g/mol. The van der Waals surface area contributed by atoms with Crippen molar-refractivity contribution >= 4 is 11.6 Å². The lowest BCUT2D eigenvalue weighted by Gasteiger charge is -2.30. The van der Waals surface area contributed by atoms with E-state index in [-0.39, 0.29) is 18.5 Å². The molecule has 2 aromatic rings. The van der Waals surface area contributed by atoms with Gasteiger partial charge in [0.15, 0.2) is 17.9 Å². The minimum absolute atomic E-state index is 0.111. The van der Waals surface area contributed by atoms with Crippen molar-refractivity contribution < 1.29 is 18.9 Å². The van der Waals surface area contributed by atoms with Crippen LogP contribution in [0.4, 0.5) is 11.6 Å². The Morgan fingerprint density at radius 1 is 1.28 bits per heavy atom. The Hall–Kier alpha value is -2.23. The molecule has 4 rings (SSSR count). The third-order valence-electron chi connectivity index (χ3n) is 5.25. The molecule has 158 valence electrons. The molecule has 4 heterocycles. The quantitative estimate of drug-likeness (QED) is 0.658. The average Bonchev–Trinajstić information content (AvgIpc) is 3.13. The van der Waals surface area contributed by atoms with Crippen LogP contribution < -0.4 is 10.1 Å². The van der Waals surface area contributed by atoms with Crippen LogP contribution in [0.25, 0.3) is 0 Å². The summed E-state index contributed by atoms with van der Waals surface area (Å²) in [5.74, 6) is 2.10.